The lowest BCUT2D eigenvalue weighted by molar-refractivity contribution is 0.313. The summed E-state index contributed by atoms with van der Waals surface area (Å²) >= 11 is 0. The average molecular weight is 336 g/mol. The molecule has 1 aromatic carbocycles. The number of para-hydroxylation sites is 1. The van der Waals surface area contributed by atoms with Crippen LogP contribution in [0.2, 0.25) is 0 Å². The number of aromatic amines is 1. The van der Waals surface area contributed by atoms with Gasteiger partial charge >= 0.3 is 0 Å². The second-order valence-corrected chi connectivity index (χ2v) is 6.24. The number of aromatic nitrogens is 4. The third kappa shape index (κ3) is 3.06. The summed E-state index contributed by atoms with van der Waals surface area (Å²) in [7, 11) is 2.11. The first-order valence-corrected chi connectivity index (χ1v) is 8.34. The Morgan fingerprint density at radius 3 is 2.52 bits per heavy atom. The van der Waals surface area contributed by atoms with Crippen molar-refractivity contribution >= 4 is 5.69 Å². The van der Waals surface area contributed by atoms with Crippen LogP contribution in [0.25, 0.3) is 17.1 Å². The topological polar surface area (TPSA) is 70.1 Å². The van der Waals surface area contributed by atoms with Gasteiger partial charge in [-0.1, -0.05) is 18.2 Å². The minimum Gasteiger partial charge on any atom is -0.368 e. The van der Waals surface area contributed by atoms with E-state index in [2.05, 4.69) is 32.0 Å². The van der Waals surface area contributed by atoms with Crippen LogP contribution < -0.4 is 10.5 Å². The van der Waals surface area contributed by atoms with Crippen LogP contribution in [-0.4, -0.2) is 57.9 Å². The number of hydrogen-bond acceptors (Lipinski definition) is 5. The number of benzene rings is 1. The van der Waals surface area contributed by atoms with Crippen LogP contribution in [0.3, 0.4) is 0 Å². The Morgan fingerprint density at radius 2 is 1.84 bits per heavy atom. The zero-order valence-corrected chi connectivity index (χ0v) is 14.1. The van der Waals surface area contributed by atoms with Crippen molar-refractivity contribution in [2.24, 2.45) is 0 Å². The van der Waals surface area contributed by atoms with Crippen molar-refractivity contribution in [3.8, 4) is 17.1 Å². The molecule has 1 fully saturated rings. The van der Waals surface area contributed by atoms with Gasteiger partial charge in [0.15, 0.2) is 5.82 Å². The minimum absolute atomic E-state index is 0.0524. The molecule has 4 rings (SSSR count). The lowest BCUT2D eigenvalue weighted by Gasteiger charge is -2.35. The first-order valence-electron chi connectivity index (χ1n) is 8.34. The zero-order valence-electron chi connectivity index (χ0n) is 14.1. The molecule has 0 radical (unpaired) electrons. The smallest absolute Gasteiger partial charge is 0.257 e. The molecule has 3 heterocycles. The Balaban J connectivity index is 1.84. The number of nitrogens with zero attached hydrogens (tertiary/aromatic N) is 5. The predicted molar refractivity (Wildman–Crippen MR) is 97.1 cm³/mol. The predicted octanol–water partition coefficient (Wildman–Crippen LogP) is 1.37. The van der Waals surface area contributed by atoms with Gasteiger partial charge in [0.1, 0.15) is 6.33 Å². The van der Waals surface area contributed by atoms with Crippen LogP contribution in [0.15, 0.2) is 53.7 Å². The van der Waals surface area contributed by atoms with E-state index in [0.29, 0.717) is 5.82 Å². The number of pyridine rings is 1. The fraction of sp³-hybridized carbons (Fsp3) is 0.278. The summed E-state index contributed by atoms with van der Waals surface area (Å²) in [4.78, 5) is 21.6. The van der Waals surface area contributed by atoms with Crippen molar-refractivity contribution in [1.82, 2.24) is 24.6 Å². The number of piperazine rings is 1. The number of rotatable bonds is 3. The zero-order chi connectivity index (χ0) is 17.2. The third-order valence-corrected chi connectivity index (χ3v) is 4.58. The monoisotopic (exact) mass is 336 g/mol. The largest absolute Gasteiger partial charge is 0.368 e. The average Bonchev–Trinajstić information content (AvgIpc) is 3.17. The molecule has 0 unspecified atom stereocenters. The van der Waals surface area contributed by atoms with Crippen LogP contribution in [0.1, 0.15) is 0 Å². The van der Waals surface area contributed by atoms with Gasteiger partial charge < -0.3 is 9.80 Å². The maximum absolute atomic E-state index is 12.7. The Kier molecular flexibility index (Phi) is 4.07. The maximum Gasteiger partial charge on any atom is 0.257 e. The highest BCUT2D eigenvalue weighted by molar-refractivity contribution is 5.74. The van der Waals surface area contributed by atoms with Gasteiger partial charge in [0.2, 0.25) is 0 Å². The summed E-state index contributed by atoms with van der Waals surface area (Å²) in [5, 5.41) is 6.90. The lowest BCUT2D eigenvalue weighted by atomic mass is 10.1. The highest BCUT2D eigenvalue weighted by Gasteiger charge is 2.20. The summed E-state index contributed by atoms with van der Waals surface area (Å²) in [6.45, 7) is 3.70. The van der Waals surface area contributed by atoms with E-state index in [1.165, 1.54) is 6.33 Å². The van der Waals surface area contributed by atoms with Gasteiger partial charge in [0, 0.05) is 44.1 Å². The van der Waals surface area contributed by atoms with Gasteiger partial charge in [-0.3, -0.25) is 14.5 Å². The summed E-state index contributed by atoms with van der Waals surface area (Å²) in [5.74, 6) is 0.665. The molecular weight excluding hydrogens is 316 g/mol. The van der Waals surface area contributed by atoms with Crippen LogP contribution in [0.5, 0.6) is 0 Å². The van der Waals surface area contributed by atoms with Crippen molar-refractivity contribution < 1.29 is 0 Å². The normalized spacial score (nSPS) is 15.5. The molecule has 0 bridgehead atoms. The van der Waals surface area contributed by atoms with E-state index in [0.717, 1.165) is 43.1 Å². The standard InChI is InChI=1S/C18H20N6O/c1-22-7-9-23(10-8-22)16-11-17(25)24(14-5-3-2-4-6-14)12-15(16)18-19-13-20-21-18/h2-6,11-13H,7-10H2,1H3,(H,19,20,21). The van der Waals surface area contributed by atoms with Crippen LogP contribution in [-0.2, 0) is 0 Å². The first kappa shape index (κ1) is 15.6. The summed E-state index contributed by atoms with van der Waals surface area (Å²) in [5.41, 5.74) is 2.56. The maximum atomic E-state index is 12.7. The summed E-state index contributed by atoms with van der Waals surface area (Å²) in [6, 6.07) is 11.3. The van der Waals surface area contributed by atoms with Gasteiger partial charge in [0.25, 0.3) is 5.56 Å². The van der Waals surface area contributed by atoms with Gasteiger partial charge in [-0.15, -0.1) is 0 Å². The molecule has 0 spiro atoms. The molecule has 0 aliphatic carbocycles. The fourth-order valence-electron chi connectivity index (χ4n) is 3.14. The molecule has 7 heteroatoms. The van der Waals surface area contributed by atoms with E-state index in [4.69, 9.17) is 0 Å². The first-order chi connectivity index (χ1) is 12.2. The molecule has 3 aromatic rings. The highest BCUT2D eigenvalue weighted by atomic mass is 16.1. The van der Waals surface area contributed by atoms with Gasteiger partial charge in [-0.2, -0.15) is 5.10 Å². The second-order valence-electron chi connectivity index (χ2n) is 6.24. The van der Waals surface area contributed by atoms with Crippen LogP contribution in [0.4, 0.5) is 5.69 Å². The molecule has 2 aromatic heterocycles. The molecule has 1 aliphatic rings. The van der Waals surface area contributed by atoms with Gasteiger partial charge in [-0.25, -0.2) is 4.98 Å². The number of H-pyrrole nitrogens is 1. The van der Waals surface area contributed by atoms with Crippen LogP contribution in [0, 0.1) is 0 Å². The fourth-order valence-corrected chi connectivity index (χ4v) is 3.14. The van der Waals surface area contributed by atoms with Crippen molar-refractivity contribution in [3.05, 3.63) is 59.3 Å². The number of likely N-dealkylation sites (N-methyl/N-ethyl adjacent to an activating group) is 1. The molecule has 0 saturated carbocycles. The molecule has 1 aliphatic heterocycles. The Hall–Kier alpha value is -2.93. The highest BCUT2D eigenvalue weighted by Crippen LogP contribution is 2.28. The van der Waals surface area contributed by atoms with Gasteiger partial charge in [0.05, 0.1) is 11.3 Å². The van der Waals surface area contributed by atoms with Crippen LogP contribution >= 0.6 is 0 Å². The van der Waals surface area contributed by atoms with Crippen molar-refractivity contribution in [3.63, 3.8) is 0 Å². The molecule has 1 saturated heterocycles. The van der Waals surface area contributed by atoms with E-state index < -0.39 is 0 Å². The van der Waals surface area contributed by atoms with E-state index in [1.54, 1.807) is 10.6 Å². The minimum atomic E-state index is -0.0524. The van der Waals surface area contributed by atoms with E-state index in [1.807, 2.05) is 36.5 Å². The van der Waals surface area contributed by atoms with Crippen molar-refractivity contribution in [2.45, 2.75) is 0 Å². The van der Waals surface area contributed by atoms with Crippen molar-refractivity contribution in [2.75, 3.05) is 38.1 Å². The quantitative estimate of drug-likeness (QED) is 0.782. The molecule has 25 heavy (non-hydrogen) atoms. The molecule has 0 amide bonds. The SMILES string of the molecule is CN1CCN(c2cc(=O)n(-c3ccccc3)cc2-c2ncn[nH]2)CC1. The summed E-state index contributed by atoms with van der Waals surface area (Å²) in [6.07, 6.45) is 3.34. The lowest BCUT2D eigenvalue weighted by Crippen LogP contribution is -2.45. The molecule has 128 valence electrons. The Bertz CT molecular complexity index is 895. The second kappa shape index (κ2) is 6.52. The Labute approximate surface area is 145 Å². The van der Waals surface area contributed by atoms with E-state index >= 15 is 0 Å². The molecular formula is C18H20N6O. The van der Waals surface area contributed by atoms with E-state index in [9.17, 15) is 4.79 Å². The number of anilines is 1. The molecule has 0 atom stereocenters. The molecule has 1 N–H and O–H groups in total. The van der Waals surface area contributed by atoms with Crippen molar-refractivity contribution in [1.29, 1.82) is 0 Å². The number of hydrogen-bond donors (Lipinski definition) is 1. The van der Waals surface area contributed by atoms with Gasteiger partial charge in [-0.05, 0) is 19.2 Å². The third-order valence-electron chi connectivity index (χ3n) is 4.58. The summed E-state index contributed by atoms with van der Waals surface area (Å²) < 4.78 is 1.65. The van der Waals surface area contributed by atoms with E-state index in [-0.39, 0.29) is 5.56 Å². The molecule has 7 nitrogen and oxygen atoms in total. The Morgan fingerprint density at radius 1 is 1.08 bits per heavy atom. The number of nitrogens with one attached hydrogen (secondary N) is 1.